The Kier molecular flexibility index (Phi) is 4.66. The summed E-state index contributed by atoms with van der Waals surface area (Å²) in [5.74, 6) is 0.108. The van der Waals surface area contributed by atoms with Crippen molar-refractivity contribution in [2.45, 2.75) is 26.7 Å². The van der Waals surface area contributed by atoms with Gasteiger partial charge in [0.05, 0.1) is 0 Å². The lowest BCUT2D eigenvalue weighted by molar-refractivity contribution is -0.112. The zero-order chi connectivity index (χ0) is 10.4. The molecule has 3 nitrogen and oxygen atoms in total. The Hall–Kier alpha value is -0.830. The molecule has 1 aliphatic rings. The van der Waals surface area contributed by atoms with Crippen molar-refractivity contribution >= 4 is 5.78 Å². The fraction of sp³-hybridized carbons (Fsp3) is 0.727. The molecule has 3 heteroatoms. The Balaban J connectivity index is 2.11. The summed E-state index contributed by atoms with van der Waals surface area (Å²) in [6.07, 6.45) is 4.31. The van der Waals surface area contributed by atoms with E-state index in [0.29, 0.717) is 0 Å². The van der Waals surface area contributed by atoms with Gasteiger partial charge in [-0.15, -0.1) is 0 Å². The third kappa shape index (κ3) is 4.42. The molecule has 1 saturated heterocycles. The minimum atomic E-state index is 0.108. The molecule has 80 valence electrons. The highest BCUT2D eigenvalue weighted by molar-refractivity contribution is 5.87. The van der Waals surface area contributed by atoms with Gasteiger partial charge < -0.3 is 10.2 Å². The van der Waals surface area contributed by atoms with Crippen LogP contribution in [0.3, 0.4) is 0 Å². The van der Waals surface area contributed by atoms with Crippen LogP contribution in [0.2, 0.25) is 0 Å². The number of rotatable bonds is 5. The number of allylic oxidation sites excluding steroid dienone is 2. The second-order valence-corrected chi connectivity index (χ2v) is 3.91. The Morgan fingerprint density at radius 1 is 1.36 bits per heavy atom. The van der Waals surface area contributed by atoms with Gasteiger partial charge in [-0.05, 0) is 45.9 Å². The van der Waals surface area contributed by atoms with Gasteiger partial charge in [0.25, 0.3) is 0 Å². The number of carbonyl (C=O) groups excluding carboxylic acids is 1. The molecule has 0 saturated carbocycles. The van der Waals surface area contributed by atoms with E-state index < -0.39 is 0 Å². The van der Waals surface area contributed by atoms with Gasteiger partial charge in [0.2, 0.25) is 0 Å². The zero-order valence-electron chi connectivity index (χ0n) is 9.18. The summed E-state index contributed by atoms with van der Waals surface area (Å²) in [6, 6.07) is 0. The van der Waals surface area contributed by atoms with Crippen molar-refractivity contribution in [1.82, 2.24) is 10.2 Å². The highest BCUT2D eigenvalue weighted by Crippen LogP contribution is 2.05. The van der Waals surface area contributed by atoms with E-state index in [4.69, 9.17) is 0 Å². The van der Waals surface area contributed by atoms with Gasteiger partial charge in [-0.25, -0.2) is 0 Å². The van der Waals surface area contributed by atoms with Gasteiger partial charge in [0, 0.05) is 18.8 Å². The summed E-state index contributed by atoms with van der Waals surface area (Å²) in [6.45, 7) is 8.00. The number of hydrogen-bond donors (Lipinski definition) is 1. The van der Waals surface area contributed by atoms with Crippen molar-refractivity contribution in [1.29, 1.82) is 0 Å². The summed E-state index contributed by atoms with van der Waals surface area (Å²) >= 11 is 0. The number of hydrogen-bond acceptors (Lipinski definition) is 3. The molecular weight excluding hydrogens is 176 g/mol. The minimum Gasteiger partial charge on any atom is -0.387 e. The molecular formula is C11H20N2O. The maximum atomic E-state index is 10.7. The summed E-state index contributed by atoms with van der Waals surface area (Å²) in [7, 11) is 0. The van der Waals surface area contributed by atoms with E-state index >= 15 is 0 Å². The Labute approximate surface area is 86.2 Å². The van der Waals surface area contributed by atoms with Crippen LogP contribution in [0.15, 0.2) is 11.8 Å². The molecule has 0 amide bonds. The van der Waals surface area contributed by atoms with E-state index in [-0.39, 0.29) is 5.78 Å². The first-order chi connectivity index (χ1) is 6.68. The summed E-state index contributed by atoms with van der Waals surface area (Å²) < 4.78 is 0. The highest BCUT2D eigenvalue weighted by atomic mass is 16.1. The molecule has 1 fully saturated rings. The fourth-order valence-electron chi connectivity index (χ4n) is 1.77. The molecule has 14 heavy (non-hydrogen) atoms. The molecule has 0 aromatic rings. The molecule has 1 N–H and O–H groups in total. The van der Waals surface area contributed by atoms with Crippen molar-refractivity contribution in [2.75, 3.05) is 26.2 Å². The van der Waals surface area contributed by atoms with Crippen LogP contribution in [0.4, 0.5) is 0 Å². The second kappa shape index (κ2) is 5.81. The van der Waals surface area contributed by atoms with E-state index in [1.807, 2.05) is 6.92 Å². The van der Waals surface area contributed by atoms with E-state index in [2.05, 4.69) is 10.2 Å². The normalized spacial score (nSPS) is 18.6. The van der Waals surface area contributed by atoms with Crippen LogP contribution in [0, 0.1) is 0 Å². The van der Waals surface area contributed by atoms with Crippen molar-refractivity contribution < 1.29 is 4.79 Å². The van der Waals surface area contributed by atoms with E-state index in [0.717, 1.165) is 18.8 Å². The molecule has 1 rings (SSSR count). The topological polar surface area (TPSA) is 32.3 Å². The highest BCUT2D eigenvalue weighted by Gasteiger charge is 2.09. The molecule has 0 bridgehead atoms. The third-order valence-electron chi connectivity index (χ3n) is 2.45. The summed E-state index contributed by atoms with van der Waals surface area (Å²) in [5, 5.41) is 3.24. The van der Waals surface area contributed by atoms with Crippen LogP contribution in [0.5, 0.6) is 0 Å². The smallest absolute Gasteiger partial charge is 0.154 e. The summed E-state index contributed by atoms with van der Waals surface area (Å²) in [4.78, 5) is 13.2. The SMILES string of the molecule is CC(=O)/C=C(/C)NCCN1CCCC1. The van der Waals surface area contributed by atoms with E-state index in [9.17, 15) is 4.79 Å². The standard InChI is InChI=1S/C11H20N2O/c1-10(9-11(2)14)12-5-8-13-6-3-4-7-13/h9,12H,3-8H2,1-2H3/b10-9-. The lowest BCUT2D eigenvalue weighted by Gasteiger charge is -2.15. The largest absolute Gasteiger partial charge is 0.387 e. The Bertz CT molecular complexity index is 217. The Morgan fingerprint density at radius 2 is 2.00 bits per heavy atom. The van der Waals surface area contributed by atoms with Crippen molar-refractivity contribution in [3.8, 4) is 0 Å². The first kappa shape index (κ1) is 11.2. The van der Waals surface area contributed by atoms with E-state index in [1.165, 1.54) is 25.9 Å². The minimum absolute atomic E-state index is 0.108. The lowest BCUT2D eigenvalue weighted by atomic mass is 10.3. The number of carbonyl (C=O) groups is 1. The maximum Gasteiger partial charge on any atom is 0.154 e. The molecule has 0 radical (unpaired) electrons. The number of likely N-dealkylation sites (tertiary alicyclic amines) is 1. The maximum absolute atomic E-state index is 10.7. The Morgan fingerprint density at radius 3 is 2.57 bits per heavy atom. The number of nitrogens with zero attached hydrogens (tertiary/aromatic N) is 1. The van der Waals surface area contributed by atoms with Crippen LogP contribution in [-0.2, 0) is 4.79 Å². The van der Waals surface area contributed by atoms with Gasteiger partial charge in [-0.2, -0.15) is 0 Å². The lowest BCUT2D eigenvalue weighted by Crippen LogP contribution is -2.29. The first-order valence-corrected chi connectivity index (χ1v) is 5.33. The average molecular weight is 196 g/mol. The average Bonchev–Trinajstić information content (AvgIpc) is 2.55. The summed E-state index contributed by atoms with van der Waals surface area (Å²) in [5.41, 5.74) is 0.969. The molecule has 0 spiro atoms. The predicted molar refractivity (Wildman–Crippen MR) is 58.1 cm³/mol. The van der Waals surface area contributed by atoms with Gasteiger partial charge >= 0.3 is 0 Å². The fourth-order valence-corrected chi connectivity index (χ4v) is 1.77. The van der Waals surface area contributed by atoms with Gasteiger partial charge in [-0.3, -0.25) is 4.79 Å². The van der Waals surface area contributed by atoms with Crippen LogP contribution >= 0.6 is 0 Å². The van der Waals surface area contributed by atoms with Crippen molar-refractivity contribution in [3.63, 3.8) is 0 Å². The second-order valence-electron chi connectivity index (χ2n) is 3.91. The molecule has 1 heterocycles. The number of ketones is 1. The van der Waals surface area contributed by atoms with Gasteiger partial charge in [0.15, 0.2) is 5.78 Å². The zero-order valence-corrected chi connectivity index (χ0v) is 9.18. The number of nitrogens with one attached hydrogen (secondary N) is 1. The van der Waals surface area contributed by atoms with Gasteiger partial charge in [-0.1, -0.05) is 0 Å². The quantitative estimate of drug-likeness (QED) is 0.670. The molecule has 0 unspecified atom stereocenters. The van der Waals surface area contributed by atoms with Crippen molar-refractivity contribution in [2.24, 2.45) is 0 Å². The third-order valence-corrected chi connectivity index (χ3v) is 2.45. The molecule has 0 aromatic heterocycles. The van der Waals surface area contributed by atoms with Crippen LogP contribution < -0.4 is 5.32 Å². The van der Waals surface area contributed by atoms with E-state index in [1.54, 1.807) is 13.0 Å². The van der Waals surface area contributed by atoms with Crippen LogP contribution in [0.25, 0.3) is 0 Å². The molecule has 0 atom stereocenters. The monoisotopic (exact) mass is 196 g/mol. The van der Waals surface area contributed by atoms with Crippen LogP contribution in [0.1, 0.15) is 26.7 Å². The van der Waals surface area contributed by atoms with Crippen LogP contribution in [-0.4, -0.2) is 36.9 Å². The van der Waals surface area contributed by atoms with Gasteiger partial charge in [0.1, 0.15) is 0 Å². The molecule has 0 aliphatic carbocycles. The van der Waals surface area contributed by atoms with Crippen molar-refractivity contribution in [3.05, 3.63) is 11.8 Å². The first-order valence-electron chi connectivity index (χ1n) is 5.33. The molecule has 1 aliphatic heterocycles. The predicted octanol–water partition coefficient (Wildman–Crippen LogP) is 1.16. The molecule has 0 aromatic carbocycles.